The van der Waals surface area contributed by atoms with Crippen LogP contribution < -0.4 is 16.4 Å². The Kier molecular flexibility index (Phi) is 2.55. The highest BCUT2D eigenvalue weighted by Crippen LogP contribution is 2.13. The highest BCUT2D eigenvalue weighted by molar-refractivity contribution is 6.04. The largest absolute Gasteiger partial charge is 0.369 e. The number of amides is 3. The van der Waals surface area contributed by atoms with E-state index in [9.17, 15) is 14.4 Å². The zero-order valence-electron chi connectivity index (χ0n) is 9.01. The molecule has 1 aliphatic rings. The van der Waals surface area contributed by atoms with E-state index in [1.54, 1.807) is 6.07 Å². The van der Waals surface area contributed by atoms with Crippen LogP contribution in [0.3, 0.4) is 0 Å². The summed E-state index contributed by atoms with van der Waals surface area (Å²) in [6, 6.07) is 3.99. The third-order valence-electron chi connectivity index (χ3n) is 2.46. The molecule has 0 fully saturated rings. The van der Waals surface area contributed by atoms with Crippen molar-refractivity contribution >= 4 is 17.7 Å². The standard InChI is InChI=1S/C11H9N3O3/c1-5(15)9(10(12)16)6-2-3-7-8(4-6)14-11(17)13-7/h2-4,9H,1H3,(H2,12,16). The molecule has 0 saturated carbocycles. The van der Waals surface area contributed by atoms with E-state index in [-0.39, 0.29) is 5.78 Å². The second kappa shape index (κ2) is 3.89. The van der Waals surface area contributed by atoms with Crippen molar-refractivity contribution in [3.8, 4) is 0 Å². The van der Waals surface area contributed by atoms with E-state index in [2.05, 4.69) is 9.98 Å². The van der Waals surface area contributed by atoms with Gasteiger partial charge in [0.15, 0.2) is 0 Å². The van der Waals surface area contributed by atoms with Crippen molar-refractivity contribution < 1.29 is 14.4 Å². The minimum Gasteiger partial charge on any atom is -0.369 e. The Bertz CT molecular complexity index is 634. The monoisotopic (exact) mass is 231 g/mol. The first-order valence-corrected chi connectivity index (χ1v) is 4.90. The Morgan fingerprint density at radius 2 is 1.88 bits per heavy atom. The van der Waals surface area contributed by atoms with Crippen molar-refractivity contribution in [2.24, 2.45) is 15.7 Å². The Morgan fingerprint density at radius 1 is 1.24 bits per heavy atom. The van der Waals surface area contributed by atoms with Gasteiger partial charge < -0.3 is 5.73 Å². The molecule has 0 spiro atoms. The maximum absolute atomic E-state index is 11.3. The molecule has 17 heavy (non-hydrogen) atoms. The summed E-state index contributed by atoms with van der Waals surface area (Å²) in [6.07, 6.45) is 0. The molecule has 1 unspecified atom stereocenters. The molecule has 0 aliphatic carbocycles. The number of Topliss-reactive ketones (excluding diaryl/α,β-unsaturated/α-hetero) is 1. The van der Waals surface area contributed by atoms with E-state index in [4.69, 9.17) is 5.73 Å². The summed E-state index contributed by atoms with van der Waals surface area (Å²) in [5.41, 5.74) is 5.59. The number of nitrogens with zero attached hydrogens (tertiary/aromatic N) is 2. The van der Waals surface area contributed by atoms with E-state index < -0.39 is 17.9 Å². The number of hydrogen-bond donors (Lipinski definition) is 1. The van der Waals surface area contributed by atoms with Crippen molar-refractivity contribution in [2.75, 3.05) is 0 Å². The third-order valence-corrected chi connectivity index (χ3v) is 2.46. The Morgan fingerprint density at radius 3 is 2.47 bits per heavy atom. The van der Waals surface area contributed by atoms with Gasteiger partial charge in [0.25, 0.3) is 0 Å². The molecule has 1 aromatic carbocycles. The number of fused-ring (bicyclic) bond motifs is 1. The molecule has 1 heterocycles. The molecule has 86 valence electrons. The fourth-order valence-electron chi connectivity index (χ4n) is 1.73. The van der Waals surface area contributed by atoms with Gasteiger partial charge in [-0.05, 0) is 24.6 Å². The Balaban J connectivity index is 2.57. The van der Waals surface area contributed by atoms with Gasteiger partial charge in [-0.3, -0.25) is 9.59 Å². The summed E-state index contributed by atoms with van der Waals surface area (Å²) in [5.74, 6) is -2.08. The number of ketones is 1. The molecule has 3 amide bonds. The van der Waals surface area contributed by atoms with Crippen LogP contribution in [0.1, 0.15) is 18.4 Å². The SMILES string of the molecule is CC(=O)C(C(N)=O)c1ccc2c(c1)=NC(=O)N=2. The smallest absolute Gasteiger partial charge is 0.368 e. The van der Waals surface area contributed by atoms with Gasteiger partial charge in [-0.1, -0.05) is 6.07 Å². The molecule has 6 heteroatoms. The third kappa shape index (κ3) is 1.96. The molecule has 2 rings (SSSR count). The first kappa shape index (κ1) is 11.1. The van der Waals surface area contributed by atoms with Crippen molar-refractivity contribution in [3.05, 3.63) is 34.5 Å². The van der Waals surface area contributed by atoms with Gasteiger partial charge in [0, 0.05) is 0 Å². The molecule has 1 aliphatic heterocycles. The molecule has 0 bridgehead atoms. The van der Waals surface area contributed by atoms with Crippen molar-refractivity contribution in [2.45, 2.75) is 12.8 Å². The maximum atomic E-state index is 11.3. The summed E-state index contributed by atoms with van der Waals surface area (Å²) in [6.45, 7) is 1.29. The van der Waals surface area contributed by atoms with E-state index in [0.717, 1.165) is 0 Å². The first-order chi connectivity index (χ1) is 7.99. The molecule has 0 aromatic heterocycles. The molecule has 0 saturated heterocycles. The Hall–Kier alpha value is -2.37. The van der Waals surface area contributed by atoms with Crippen LogP contribution in [0.15, 0.2) is 28.2 Å². The summed E-state index contributed by atoms with van der Waals surface area (Å²) in [7, 11) is 0. The lowest BCUT2D eigenvalue weighted by atomic mass is 9.95. The van der Waals surface area contributed by atoms with Crippen LogP contribution in [0.4, 0.5) is 4.79 Å². The highest BCUT2D eigenvalue weighted by Gasteiger charge is 2.23. The van der Waals surface area contributed by atoms with Crippen molar-refractivity contribution in [1.82, 2.24) is 0 Å². The molecule has 6 nitrogen and oxygen atoms in total. The van der Waals surface area contributed by atoms with Crippen LogP contribution in [0, 0.1) is 0 Å². The van der Waals surface area contributed by atoms with Crippen LogP contribution >= 0.6 is 0 Å². The second-order valence-electron chi connectivity index (χ2n) is 3.70. The van der Waals surface area contributed by atoms with Gasteiger partial charge in [-0.25, -0.2) is 4.79 Å². The summed E-state index contributed by atoms with van der Waals surface area (Å²) >= 11 is 0. The van der Waals surface area contributed by atoms with Gasteiger partial charge in [0.2, 0.25) is 5.91 Å². The summed E-state index contributed by atoms with van der Waals surface area (Å²) < 4.78 is 0. The van der Waals surface area contributed by atoms with Crippen LogP contribution in [0.25, 0.3) is 0 Å². The average molecular weight is 231 g/mol. The first-order valence-electron chi connectivity index (χ1n) is 4.90. The molecule has 2 N–H and O–H groups in total. The van der Waals surface area contributed by atoms with Gasteiger partial charge >= 0.3 is 6.03 Å². The molecule has 1 aromatic rings. The van der Waals surface area contributed by atoms with Crippen LogP contribution in [0.2, 0.25) is 0 Å². The molecular weight excluding hydrogens is 222 g/mol. The fourth-order valence-corrected chi connectivity index (χ4v) is 1.73. The average Bonchev–Trinajstić information content (AvgIpc) is 2.56. The minimum absolute atomic E-state index is 0.348. The van der Waals surface area contributed by atoms with E-state index in [1.807, 2.05) is 0 Å². The normalized spacial score (nSPS) is 14.5. The topological polar surface area (TPSA) is 102 Å². The zero-order chi connectivity index (χ0) is 12.6. The van der Waals surface area contributed by atoms with Crippen molar-refractivity contribution in [1.29, 1.82) is 0 Å². The van der Waals surface area contributed by atoms with Gasteiger partial charge in [0.05, 0.1) is 10.7 Å². The zero-order valence-corrected chi connectivity index (χ0v) is 9.01. The number of carbonyl (C=O) groups excluding carboxylic acids is 3. The van der Waals surface area contributed by atoms with Crippen molar-refractivity contribution in [3.63, 3.8) is 0 Å². The molecular formula is C11H9N3O3. The number of benzene rings is 1. The Labute approximate surface area is 95.9 Å². The minimum atomic E-state index is -1.01. The summed E-state index contributed by atoms with van der Waals surface area (Å²) in [4.78, 5) is 40.8. The molecule has 0 radical (unpaired) electrons. The quantitative estimate of drug-likeness (QED) is 0.690. The lowest BCUT2D eigenvalue weighted by Crippen LogP contribution is -2.30. The lowest BCUT2D eigenvalue weighted by molar-refractivity contribution is -0.127. The number of urea groups is 1. The predicted molar refractivity (Wildman–Crippen MR) is 56.8 cm³/mol. The molecule has 1 atom stereocenters. The number of rotatable bonds is 3. The number of hydrogen-bond acceptors (Lipinski definition) is 3. The van der Waals surface area contributed by atoms with Gasteiger partial charge in [-0.2, -0.15) is 9.98 Å². The lowest BCUT2D eigenvalue weighted by Gasteiger charge is -2.08. The van der Waals surface area contributed by atoms with Gasteiger partial charge in [0.1, 0.15) is 11.7 Å². The maximum Gasteiger partial charge on any atom is 0.368 e. The highest BCUT2D eigenvalue weighted by atomic mass is 16.2. The predicted octanol–water partition coefficient (Wildman–Crippen LogP) is -0.783. The number of primary amides is 1. The van der Waals surface area contributed by atoms with Crippen LogP contribution in [-0.2, 0) is 9.59 Å². The van der Waals surface area contributed by atoms with E-state index in [1.165, 1.54) is 19.1 Å². The van der Waals surface area contributed by atoms with Crippen LogP contribution in [0.5, 0.6) is 0 Å². The van der Waals surface area contributed by atoms with E-state index >= 15 is 0 Å². The summed E-state index contributed by atoms with van der Waals surface area (Å²) in [5, 5.41) is 0.797. The number of carbonyl (C=O) groups is 3. The second-order valence-corrected chi connectivity index (χ2v) is 3.70. The number of nitrogens with two attached hydrogens (primary N) is 1. The fraction of sp³-hybridized carbons (Fsp3) is 0.182. The van der Waals surface area contributed by atoms with E-state index in [0.29, 0.717) is 16.3 Å². The van der Waals surface area contributed by atoms with Gasteiger partial charge in [-0.15, -0.1) is 0 Å². The van der Waals surface area contributed by atoms with Crippen LogP contribution in [-0.4, -0.2) is 17.7 Å².